The second-order valence-electron chi connectivity index (χ2n) is 8.82. The second kappa shape index (κ2) is 11.3. The van der Waals surface area contributed by atoms with Gasteiger partial charge in [0, 0.05) is 57.6 Å². The molecular weight excluding hydrogens is 464 g/mol. The number of phenols is 1. The number of benzene rings is 1. The van der Waals surface area contributed by atoms with Gasteiger partial charge in [-0.3, -0.25) is 14.4 Å². The van der Waals surface area contributed by atoms with E-state index in [2.05, 4.69) is 10.00 Å². The van der Waals surface area contributed by atoms with Gasteiger partial charge in [-0.1, -0.05) is 6.07 Å². The molecule has 0 amide bonds. The van der Waals surface area contributed by atoms with Crippen molar-refractivity contribution in [1.29, 1.82) is 0 Å². The molecule has 3 aromatic rings. The maximum atomic E-state index is 13.0. The number of esters is 1. The van der Waals surface area contributed by atoms with Crippen molar-refractivity contribution < 1.29 is 24.1 Å². The van der Waals surface area contributed by atoms with E-state index >= 15 is 0 Å². The zero-order chi connectivity index (χ0) is 25.7. The van der Waals surface area contributed by atoms with Crippen LogP contribution in [-0.2, 0) is 37.7 Å². The lowest BCUT2D eigenvalue weighted by atomic mass is 10.1. The molecule has 0 saturated heterocycles. The SMILES string of the molecule is COC(=O)c1c(OCCCc2cnn(C)c2)cc(=O)n2c1CCN(Cc1ccc(OC)c(O)c1)CC2. The molecule has 0 spiro atoms. The number of hydrogen-bond acceptors (Lipinski definition) is 8. The quantitative estimate of drug-likeness (QED) is 0.355. The summed E-state index contributed by atoms with van der Waals surface area (Å²) in [7, 11) is 4.71. The van der Waals surface area contributed by atoms with E-state index in [0.29, 0.717) is 62.6 Å². The Hall–Kier alpha value is -3.79. The first kappa shape index (κ1) is 25.3. The predicted octanol–water partition coefficient (Wildman–Crippen LogP) is 2.15. The molecule has 0 fully saturated rings. The van der Waals surface area contributed by atoms with Crippen molar-refractivity contribution in [3.8, 4) is 17.2 Å². The minimum absolute atomic E-state index is 0.0858. The highest BCUT2D eigenvalue weighted by molar-refractivity contribution is 5.93. The fraction of sp³-hybridized carbons (Fsp3) is 0.423. The van der Waals surface area contributed by atoms with E-state index in [4.69, 9.17) is 14.2 Å². The van der Waals surface area contributed by atoms with E-state index in [1.165, 1.54) is 20.3 Å². The van der Waals surface area contributed by atoms with Crippen molar-refractivity contribution in [3.63, 3.8) is 0 Å². The molecule has 0 bridgehead atoms. The lowest BCUT2D eigenvalue weighted by molar-refractivity contribution is 0.0593. The number of rotatable bonds is 9. The Bertz CT molecular complexity index is 1280. The molecule has 0 radical (unpaired) electrons. The fourth-order valence-electron chi connectivity index (χ4n) is 4.54. The van der Waals surface area contributed by atoms with Crippen LogP contribution in [0.5, 0.6) is 17.2 Å². The minimum Gasteiger partial charge on any atom is -0.504 e. The number of ether oxygens (including phenoxy) is 3. The highest BCUT2D eigenvalue weighted by Gasteiger charge is 2.26. The molecule has 0 atom stereocenters. The maximum Gasteiger partial charge on any atom is 0.343 e. The van der Waals surface area contributed by atoms with Crippen molar-refractivity contribution in [3.05, 3.63) is 69.4 Å². The number of carbonyl (C=O) groups excluding carboxylic acids is 1. The number of aromatic hydroxyl groups is 1. The molecule has 36 heavy (non-hydrogen) atoms. The van der Waals surface area contributed by atoms with Crippen LogP contribution >= 0.6 is 0 Å². The Morgan fingerprint density at radius 1 is 1.11 bits per heavy atom. The summed E-state index contributed by atoms with van der Waals surface area (Å²) in [4.78, 5) is 28.0. The van der Waals surface area contributed by atoms with Crippen LogP contribution in [0.1, 0.15) is 33.6 Å². The lowest BCUT2D eigenvalue weighted by Gasteiger charge is -2.19. The summed E-state index contributed by atoms with van der Waals surface area (Å²) in [6.45, 7) is 2.62. The maximum absolute atomic E-state index is 13.0. The van der Waals surface area contributed by atoms with Gasteiger partial charge in [-0.25, -0.2) is 4.79 Å². The largest absolute Gasteiger partial charge is 0.504 e. The zero-order valence-corrected chi connectivity index (χ0v) is 20.9. The molecule has 0 saturated carbocycles. The highest BCUT2D eigenvalue weighted by atomic mass is 16.5. The molecule has 4 rings (SSSR count). The summed E-state index contributed by atoms with van der Waals surface area (Å²) in [5.41, 5.74) is 2.75. The van der Waals surface area contributed by atoms with Crippen LogP contribution in [0.15, 0.2) is 41.5 Å². The number of hydrogen-bond donors (Lipinski definition) is 1. The average Bonchev–Trinajstić information content (AvgIpc) is 3.16. The van der Waals surface area contributed by atoms with Crippen molar-refractivity contribution in [2.45, 2.75) is 32.4 Å². The zero-order valence-electron chi connectivity index (χ0n) is 20.9. The lowest BCUT2D eigenvalue weighted by Crippen LogP contribution is -2.29. The molecular formula is C26H32N4O6. The molecule has 2 aromatic heterocycles. The monoisotopic (exact) mass is 496 g/mol. The standard InChI is InChI=1S/C26H32N4O6/c1-28-16-19(15-27-28)5-4-12-36-23-14-24(32)30-11-10-29(9-8-20(30)25(23)26(33)35-3)17-18-6-7-22(34-2)21(31)13-18/h6-7,13-16,31H,4-5,8-12,17H2,1-3H3. The van der Waals surface area contributed by atoms with E-state index in [9.17, 15) is 14.7 Å². The Labute approximate surface area is 209 Å². The Balaban J connectivity index is 1.49. The fourth-order valence-corrected chi connectivity index (χ4v) is 4.54. The number of aromatic nitrogens is 3. The second-order valence-corrected chi connectivity index (χ2v) is 8.82. The number of carbonyl (C=O) groups is 1. The van der Waals surface area contributed by atoms with Crippen LogP contribution in [0.4, 0.5) is 0 Å². The first-order valence-corrected chi connectivity index (χ1v) is 11.9. The third-order valence-electron chi connectivity index (χ3n) is 6.35. The summed E-state index contributed by atoms with van der Waals surface area (Å²) in [6.07, 6.45) is 5.74. The number of phenolic OH excluding ortho intramolecular Hbond substituents is 1. The van der Waals surface area contributed by atoms with Crippen LogP contribution < -0.4 is 15.0 Å². The highest BCUT2D eigenvalue weighted by Crippen LogP contribution is 2.28. The molecule has 1 aliphatic heterocycles. The van der Waals surface area contributed by atoms with E-state index in [1.54, 1.807) is 21.4 Å². The average molecular weight is 497 g/mol. The van der Waals surface area contributed by atoms with E-state index in [-0.39, 0.29) is 17.1 Å². The summed E-state index contributed by atoms with van der Waals surface area (Å²) >= 11 is 0. The van der Waals surface area contributed by atoms with Gasteiger partial charge in [-0.05, 0) is 36.1 Å². The van der Waals surface area contributed by atoms with E-state index in [1.807, 2.05) is 25.5 Å². The first-order chi connectivity index (χ1) is 17.4. The third kappa shape index (κ3) is 5.71. The van der Waals surface area contributed by atoms with Crippen molar-refractivity contribution >= 4 is 5.97 Å². The van der Waals surface area contributed by atoms with E-state index < -0.39 is 5.97 Å². The molecule has 1 N–H and O–H groups in total. The van der Waals surface area contributed by atoms with Gasteiger partial charge in [0.25, 0.3) is 5.56 Å². The van der Waals surface area contributed by atoms with Gasteiger partial charge in [0.2, 0.25) is 0 Å². The molecule has 0 aliphatic carbocycles. The Kier molecular flexibility index (Phi) is 7.94. The summed E-state index contributed by atoms with van der Waals surface area (Å²) in [6, 6.07) is 6.70. The van der Waals surface area contributed by atoms with Crippen LogP contribution in [0, 0.1) is 0 Å². The third-order valence-corrected chi connectivity index (χ3v) is 6.35. The van der Waals surface area contributed by atoms with Crippen molar-refractivity contribution in [2.75, 3.05) is 33.9 Å². The molecule has 192 valence electrons. The number of fused-ring (bicyclic) bond motifs is 1. The number of pyridine rings is 1. The predicted molar refractivity (Wildman–Crippen MR) is 133 cm³/mol. The van der Waals surface area contributed by atoms with Crippen LogP contribution in [-0.4, -0.2) is 64.2 Å². The van der Waals surface area contributed by atoms with Gasteiger partial charge >= 0.3 is 5.97 Å². The van der Waals surface area contributed by atoms with Crippen molar-refractivity contribution in [2.24, 2.45) is 7.05 Å². The summed E-state index contributed by atoms with van der Waals surface area (Å²) in [5.74, 6) is 0.249. The molecule has 1 aliphatic rings. The van der Waals surface area contributed by atoms with Gasteiger partial charge < -0.3 is 23.9 Å². The Morgan fingerprint density at radius 3 is 2.64 bits per heavy atom. The topological polar surface area (TPSA) is 108 Å². The summed E-state index contributed by atoms with van der Waals surface area (Å²) < 4.78 is 19.5. The normalized spacial score (nSPS) is 13.6. The van der Waals surface area contributed by atoms with Crippen molar-refractivity contribution in [1.82, 2.24) is 19.2 Å². The smallest absolute Gasteiger partial charge is 0.343 e. The van der Waals surface area contributed by atoms with Crippen LogP contribution in [0.25, 0.3) is 0 Å². The van der Waals surface area contributed by atoms with Gasteiger partial charge in [-0.2, -0.15) is 5.10 Å². The van der Waals surface area contributed by atoms with Gasteiger partial charge in [0.05, 0.1) is 27.0 Å². The molecule has 10 nitrogen and oxygen atoms in total. The minimum atomic E-state index is -0.519. The number of aryl methyl sites for hydroxylation is 2. The van der Waals surface area contributed by atoms with Crippen LogP contribution in [0.2, 0.25) is 0 Å². The number of methoxy groups -OCH3 is 2. The van der Waals surface area contributed by atoms with Gasteiger partial charge in [0.15, 0.2) is 11.5 Å². The molecule has 10 heteroatoms. The Morgan fingerprint density at radius 2 is 1.94 bits per heavy atom. The summed E-state index contributed by atoms with van der Waals surface area (Å²) in [5, 5.41) is 14.3. The van der Waals surface area contributed by atoms with Gasteiger partial charge in [-0.15, -0.1) is 0 Å². The van der Waals surface area contributed by atoms with Gasteiger partial charge in [0.1, 0.15) is 11.3 Å². The number of nitrogens with zero attached hydrogens (tertiary/aromatic N) is 4. The first-order valence-electron chi connectivity index (χ1n) is 11.9. The van der Waals surface area contributed by atoms with E-state index in [0.717, 1.165) is 17.5 Å². The molecule has 1 aromatic carbocycles. The molecule has 3 heterocycles. The van der Waals surface area contributed by atoms with Crippen LogP contribution in [0.3, 0.4) is 0 Å². The molecule has 0 unspecified atom stereocenters.